The first-order valence-electron chi connectivity index (χ1n) is 3.26. The predicted molar refractivity (Wildman–Crippen MR) is 35.7 cm³/mol. The van der Waals surface area contributed by atoms with E-state index in [1.807, 2.05) is 0 Å². The highest BCUT2D eigenvalue weighted by Crippen LogP contribution is 2.22. The first-order valence-corrected chi connectivity index (χ1v) is 3.26. The van der Waals surface area contributed by atoms with E-state index in [9.17, 15) is 4.79 Å². The molecule has 1 heterocycles. The lowest BCUT2D eigenvalue weighted by Crippen LogP contribution is -2.36. The van der Waals surface area contributed by atoms with Gasteiger partial charge >= 0.3 is 5.97 Å². The van der Waals surface area contributed by atoms with Crippen LogP contribution in [-0.4, -0.2) is 23.3 Å². The van der Waals surface area contributed by atoms with E-state index in [-0.39, 0.29) is 0 Å². The standard InChI is InChI=1S/C7H10O3/c1-2-7(6(8)9)4-3-5-10-7/h3-4H,2,5H2,1H3,(H,8,9). The number of carboxylic acid groups (broad SMARTS) is 1. The molecule has 1 aliphatic heterocycles. The van der Waals surface area contributed by atoms with Gasteiger partial charge in [0.25, 0.3) is 0 Å². The van der Waals surface area contributed by atoms with Gasteiger partial charge in [-0.15, -0.1) is 0 Å². The van der Waals surface area contributed by atoms with Gasteiger partial charge in [0.05, 0.1) is 6.61 Å². The Morgan fingerprint density at radius 2 is 2.60 bits per heavy atom. The first kappa shape index (κ1) is 7.28. The lowest BCUT2D eigenvalue weighted by molar-refractivity contribution is -0.156. The van der Waals surface area contributed by atoms with Gasteiger partial charge in [0.15, 0.2) is 5.60 Å². The molecule has 0 aliphatic carbocycles. The number of rotatable bonds is 2. The molecular formula is C7H10O3. The molecule has 3 heteroatoms. The molecule has 10 heavy (non-hydrogen) atoms. The van der Waals surface area contributed by atoms with Gasteiger partial charge in [0, 0.05) is 0 Å². The second-order valence-corrected chi connectivity index (χ2v) is 2.26. The molecule has 0 saturated heterocycles. The van der Waals surface area contributed by atoms with Crippen molar-refractivity contribution in [1.82, 2.24) is 0 Å². The van der Waals surface area contributed by atoms with Gasteiger partial charge in [0.1, 0.15) is 0 Å². The quantitative estimate of drug-likeness (QED) is 0.580. The summed E-state index contributed by atoms with van der Waals surface area (Å²) in [5, 5.41) is 8.69. The normalized spacial score (nSPS) is 30.9. The van der Waals surface area contributed by atoms with E-state index in [4.69, 9.17) is 9.84 Å². The Morgan fingerprint density at radius 1 is 1.90 bits per heavy atom. The third-order valence-corrected chi connectivity index (χ3v) is 1.71. The number of carbonyl (C=O) groups is 1. The SMILES string of the molecule is CCC1(C(=O)O)C=CCO1. The molecule has 1 unspecified atom stereocenters. The molecule has 1 rings (SSSR count). The smallest absolute Gasteiger partial charge is 0.340 e. The maximum Gasteiger partial charge on any atom is 0.340 e. The Hall–Kier alpha value is -0.830. The third-order valence-electron chi connectivity index (χ3n) is 1.71. The number of carboxylic acids is 1. The Kier molecular flexibility index (Phi) is 1.76. The summed E-state index contributed by atoms with van der Waals surface area (Å²) in [5.74, 6) is -0.899. The van der Waals surface area contributed by atoms with Crippen LogP contribution in [0, 0.1) is 0 Å². The monoisotopic (exact) mass is 142 g/mol. The number of aliphatic carboxylic acids is 1. The zero-order valence-electron chi connectivity index (χ0n) is 5.83. The number of ether oxygens (including phenoxy) is 1. The van der Waals surface area contributed by atoms with Crippen LogP contribution in [0.3, 0.4) is 0 Å². The van der Waals surface area contributed by atoms with Crippen molar-refractivity contribution in [1.29, 1.82) is 0 Å². The molecule has 0 aromatic carbocycles. The summed E-state index contributed by atoms with van der Waals surface area (Å²) < 4.78 is 5.04. The molecule has 0 radical (unpaired) electrons. The molecule has 0 spiro atoms. The second-order valence-electron chi connectivity index (χ2n) is 2.26. The third kappa shape index (κ3) is 0.926. The van der Waals surface area contributed by atoms with Crippen molar-refractivity contribution in [3.63, 3.8) is 0 Å². The number of hydrogen-bond acceptors (Lipinski definition) is 2. The molecule has 0 bridgehead atoms. The van der Waals surface area contributed by atoms with Crippen LogP contribution in [0.2, 0.25) is 0 Å². The maximum atomic E-state index is 10.6. The van der Waals surface area contributed by atoms with E-state index in [0.29, 0.717) is 13.0 Å². The lowest BCUT2D eigenvalue weighted by atomic mass is 10.0. The summed E-state index contributed by atoms with van der Waals surface area (Å²) >= 11 is 0. The van der Waals surface area contributed by atoms with Crippen LogP contribution in [0.4, 0.5) is 0 Å². The molecule has 56 valence electrons. The van der Waals surface area contributed by atoms with E-state index in [1.54, 1.807) is 19.1 Å². The highest BCUT2D eigenvalue weighted by molar-refractivity contribution is 5.80. The maximum absolute atomic E-state index is 10.6. The van der Waals surface area contributed by atoms with Gasteiger partial charge in [-0.25, -0.2) is 4.79 Å². The van der Waals surface area contributed by atoms with Gasteiger partial charge in [-0.1, -0.05) is 13.0 Å². The largest absolute Gasteiger partial charge is 0.479 e. The molecule has 0 aromatic rings. The summed E-state index contributed by atoms with van der Waals surface area (Å²) in [5.41, 5.74) is -1.03. The van der Waals surface area contributed by atoms with Gasteiger partial charge in [-0.05, 0) is 12.5 Å². The van der Waals surface area contributed by atoms with E-state index >= 15 is 0 Å². The molecular weight excluding hydrogens is 132 g/mol. The van der Waals surface area contributed by atoms with Crippen molar-refractivity contribution in [3.8, 4) is 0 Å². The molecule has 1 atom stereocenters. The van der Waals surface area contributed by atoms with Crippen LogP contribution in [0.15, 0.2) is 12.2 Å². The molecule has 1 aliphatic rings. The second kappa shape index (κ2) is 2.42. The Bertz CT molecular complexity index is 174. The van der Waals surface area contributed by atoms with Crippen molar-refractivity contribution in [2.24, 2.45) is 0 Å². The highest BCUT2D eigenvalue weighted by atomic mass is 16.5. The Labute approximate surface area is 59.3 Å². The van der Waals surface area contributed by atoms with Gasteiger partial charge in [-0.3, -0.25) is 0 Å². The van der Waals surface area contributed by atoms with E-state index in [1.165, 1.54) is 0 Å². The average Bonchev–Trinajstić information content (AvgIpc) is 2.35. The lowest BCUT2D eigenvalue weighted by Gasteiger charge is -2.18. The van der Waals surface area contributed by atoms with Crippen LogP contribution in [0.5, 0.6) is 0 Å². The minimum Gasteiger partial charge on any atom is -0.479 e. The Morgan fingerprint density at radius 3 is 2.80 bits per heavy atom. The van der Waals surface area contributed by atoms with E-state index in [0.717, 1.165) is 0 Å². The zero-order chi connectivity index (χ0) is 7.61. The van der Waals surface area contributed by atoms with Crippen LogP contribution in [-0.2, 0) is 9.53 Å². The summed E-state index contributed by atoms with van der Waals surface area (Å²) in [6, 6.07) is 0. The van der Waals surface area contributed by atoms with Crippen molar-refractivity contribution in [2.45, 2.75) is 18.9 Å². The summed E-state index contributed by atoms with van der Waals surface area (Å²) in [6.45, 7) is 2.21. The van der Waals surface area contributed by atoms with Crippen molar-refractivity contribution < 1.29 is 14.6 Å². The molecule has 1 N–H and O–H groups in total. The molecule has 3 nitrogen and oxygen atoms in total. The fraction of sp³-hybridized carbons (Fsp3) is 0.571. The van der Waals surface area contributed by atoms with Crippen LogP contribution >= 0.6 is 0 Å². The molecule has 0 saturated carbocycles. The fourth-order valence-electron chi connectivity index (χ4n) is 0.988. The van der Waals surface area contributed by atoms with E-state index in [2.05, 4.69) is 0 Å². The van der Waals surface area contributed by atoms with Crippen molar-refractivity contribution in [2.75, 3.05) is 6.61 Å². The van der Waals surface area contributed by atoms with Crippen LogP contribution in [0.25, 0.3) is 0 Å². The zero-order valence-corrected chi connectivity index (χ0v) is 5.83. The summed E-state index contributed by atoms with van der Waals surface area (Å²) in [4.78, 5) is 10.6. The van der Waals surface area contributed by atoms with E-state index < -0.39 is 11.6 Å². The number of hydrogen-bond donors (Lipinski definition) is 1. The molecule has 0 amide bonds. The van der Waals surface area contributed by atoms with Crippen molar-refractivity contribution in [3.05, 3.63) is 12.2 Å². The minimum atomic E-state index is -1.03. The van der Waals surface area contributed by atoms with Crippen LogP contribution in [0.1, 0.15) is 13.3 Å². The Balaban J connectivity index is 2.78. The van der Waals surface area contributed by atoms with Crippen molar-refractivity contribution >= 4 is 5.97 Å². The molecule has 0 fully saturated rings. The highest BCUT2D eigenvalue weighted by Gasteiger charge is 2.37. The van der Waals surface area contributed by atoms with Crippen LogP contribution < -0.4 is 0 Å². The summed E-state index contributed by atoms with van der Waals surface area (Å²) in [6.07, 6.45) is 3.83. The fourth-order valence-corrected chi connectivity index (χ4v) is 0.988. The minimum absolute atomic E-state index is 0.417. The first-order chi connectivity index (χ1) is 4.71. The average molecular weight is 142 g/mol. The predicted octanol–water partition coefficient (Wildman–Crippen LogP) is 0.806. The molecule has 0 aromatic heterocycles. The topological polar surface area (TPSA) is 46.5 Å². The van der Waals surface area contributed by atoms with Gasteiger partial charge < -0.3 is 9.84 Å². The van der Waals surface area contributed by atoms with Gasteiger partial charge in [-0.2, -0.15) is 0 Å². The van der Waals surface area contributed by atoms with Gasteiger partial charge in [0.2, 0.25) is 0 Å². The summed E-state index contributed by atoms with van der Waals surface area (Å²) in [7, 11) is 0.